The molecular weight excluding hydrogens is 181 g/mol. The molecule has 1 N–H and O–H groups in total. The van der Waals surface area contributed by atoms with Crippen molar-refractivity contribution in [1.82, 2.24) is 0 Å². The van der Waals surface area contributed by atoms with Crippen molar-refractivity contribution in [3.05, 3.63) is 42.2 Å². The van der Waals surface area contributed by atoms with E-state index in [9.17, 15) is 9.18 Å². The number of hydrogen-bond donors (Lipinski definition) is 1. The lowest BCUT2D eigenvalue weighted by Crippen LogP contribution is -2.09. The van der Waals surface area contributed by atoms with E-state index in [2.05, 4.69) is 11.9 Å². The van der Waals surface area contributed by atoms with Gasteiger partial charge in [-0.15, -0.1) is 0 Å². The molecule has 2 nitrogen and oxygen atoms in total. The molecule has 1 amide bonds. The van der Waals surface area contributed by atoms with Crippen LogP contribution in [0, 0.1) is 5.82 Å². The molecule has 0 aliphatic rings. The first-order valence-electron chi connectivity index (χ1n) is 4.39. The molecule has 0 bridgehead atoms. The van der Waals surface area contributed by atoms with E-state index < -0.39 is 0 Å². The van der Waals surface area contributed by atoms with Crippen LogP contribution in [0.4, 0.5) is 10.1 Å². The minimum absolute atomic E-state index is 0.286. The van der Waals surface area contributed by atoms with Crippen LogP contribution < -0.4 is 5.32 Å². The number of amides is 1. The second kappa shape index (κ2) is 4.56. The van der Waals surface area contributed by atoms with Gasteiger partial charge < -0.3 is 5.32 Å². The highest BCUT2D eigenvalue weighted by molar-refractivity contribution is 5.99. The minimum atomic E-state index is -0.293. The standard InChI is InChI=1S/C11H12FNO/c1-3-8-7-9(12)5-6-10(8)13-11(14)4-2/h4-7H,2-3H2,1H3,(H,13,14). The molecule has 0 radical (unpaired) electrons. The summed E-state index contributed by atoms with van der Waals surface area (Å²) in [5, 5.41) is 2.61. The van der Waals surface area contributed by atoms with Gasteiger partial charge in [-0.05, 0) is 36.3 Å². The monoisotopic (exact) mass is 193 g/mol. The molecule has 0 saturated heterocycles. The van der Waals surface area contributed by atoms with Gasteiger partial charge in [-0.25, -0.2) is 4.39 Å². The van der Waals surface area contributed by atoms with Gasteiger partial charge in [0.2, 0.25) is 5.91 Å². The Morgan fingerprint density at radius 2 is 2.36 bits per heavy atom. The molecule has 1 aromatic rings. The number of benzene rings is 1. The van der Waals surface area contributed by atoms with Gasteiger partial charge >= 0.3 is 0 Å². The highest BCUT2D eigenvalue weighted by Crippen LogP contribution is 2.17. The van der Waals surface area contributed by atoms with Gasteiger partial charge in [0.25, 0.3) is 0 Å². The number of carbonyl (C=O) groups excluding carboxylic acids is 1. The Morgan fingerprint density at radius 1 is 1.64 bits per heavy atom. The summed E-state index contributed by atoms with van der Waals surface area (Å²) in [7, 11) is 0. The van der Waals surface area contributed by atoms with Crippen molar-refractivity contribution >= 4 is 11.6 Å². The Balaban J connectivity index is 2.96. The van der Waals surface area contributed by atoms with Crippen molar-refractivity contribution in [3.63, 3.8) is 0 Å². The smallest absolute Gasteiger partial charge is 0.247 e. The second-order valence-electron chi connectivity index (χ2n) is 2.85. The van der Waals surface area contributed by atoms with Crippen LogP contribution in [0.2, 0.25) is 0 Å². The Labute approximate surface area is 82.4 Å². The van der Waals surface area contributed by atoms with Crippen molar-refractivity contribution in [2.24, 2.45) is 0 Å². The van der Waals surface area contributed by atoms with E-state index in [4.69, 9.17) is 0 Å². The van der Waals surface area contributed by atoms with Crippen molar-refractivity contribution in [3.8, 4) is 0 Å². The number of rotatable bonds is 3. The summed E-state index contributed by atoms with van der Waals surface area (Å²) in [6.07, 6.45) is 1.85. The molecule has 0 aliphatic carbocycles. The first-order chi connectivity index (χ1) is 6.67. The first kappa shape index (κ1) is 10.4. The number of aryl methyl sites for hydroxylation is 1. The summed E-state index contributed by atoms with van der Waals surface area (Å²) < 4.78 is 12.8. The summed E-state index contributed by atoms with van der Waals surface area (Å²) in [5.74, 6) is -0.579. The summed E-state index contributed by atoms with van der Waals surface area (Å²) in [5.41, 5.74) is 1.42. The van der Waals surface area contributed by atoms with Crippen LogP contribution >= 0.6 is 0 Å². The molecule has 0 spiro atoms. The van der Waals surface area contributed by atoms with E-state index in [1.54, 1.807) is 6.07 Å². The third kappa shape index (κ3) is 2.42. The zero-order valence-electron chi connectivity index (χ0n) is 8.01. The van der Waals surface area contributed by atoms with Crippen molar-refractivity contribution in [2.45, 2.75) is 13.3 Å². The van der Waals surface area contributed by atoms with Crippen molar-refractivity contribution in [2.75, 3.05) is 5.32 Å². The molecule has 0 atom stereocenters. The SMILES string of the molecule is C=CC(=O)Nc1ccc(F)cc1CC. The number of nitrogens with one attached hydrogen (secondary N) is 1. The van der Waals surface area contributed by atoms with Crippen LogP contribution in [0.5, 0.6) is 0 Å². The summed E-state index contributed by atoms with van der Waals surface area (Å²) >= 11 is 0. The lowest BCUT2D eigenvalue weighted by Gasteiger charge is -2.07. The topological polar surface area (TPSA) is 29.1 Å². The molecule has 1 rings (SSSR count). The largest absolute Gasteiger partial charge is 0.322 e. The zero-order valence-corrected chi connectivity index (χ0v) is 8.01. The molecule has 1 aromatic carbocycles. The molecule has 0 unspecified atom stereocenters. The Bertz CT molecular complexity index is 360. The fourth-order valence-corrected chi connectivity index (χ4v) is 1.16. The number of hydrogen-bond acceptors (Lipinski definition) is 1. The third-order valence-electron chi connectivity index (χ3n) is 1.89. The van der Waals surface area contributed by atoms with E-state index in [1.165, 1.54) is 18.2 Å². The summed E-state index contributed by atoms with van der Waals surface area (Å²) in [6.45, 7) is 5.24. The second-order valence-corrected chi connectivity index (χ2v) is 2.85. The van der Waals surface area contributed by atoms with Crippen molar-refractivity contribution < 1.29 is 9.18 Å². The maximum Gasteiger partial charge on any atom is 0.247 e. The molecule has 74 valence electrons. The Hall–Kier alpha value is -1.64. The molecule has 0 fully saturated rings. The molecule has 0 saturated carbocycles. The van der Waals surface area contributed by atoms with Crippen LogP contribution in [0.1, 0.15) is 12.5 Å². The molecule has 0 heterocycles. The van der Waals surface area contributed by atoms with Gasteiger partial charge in [-0.2, -0.15) is 0 Å². The predicted molar refractivity (Wildman–Crippen MR) is 54.6 cm³/mol. The molecule has 3 heteroatoms. The number of halogens is 1. The van der Waals surface area contributed by atoms with Crippen LogP contribution in [-0.2, 0) is 11.2 Å². The van der Waals surface area contributed by atoms with Crippen LogP contribution in [0.15, 0.2) is 30.9 Å². The average molecular weight is 193 g/mol. The highest BCUT2D eigenvalue weighted by Gasteiger charge is 2.03. The van der Waals surface area contributed by atoms with Crippen molar-refractivity contribution in [1.29, 1.82) is 0 Å². The summed E-state index contributed by atoms with van der Waals surface area (Å²) in [6, 6.07) is 4.28. The van der Waals surface area contributed by atoms with Gasteiger partial charge in [0.1, 0.15) is 5.82 Å². The third-order valence-corrected chi connectivity index (χ3v) is 1.89. The molecule has 14 heavy (non-hydrogen) atoms. The maximum absolute atomic E-state index is 12.8. The molecular formula is C11H12FNO. The Morgan fingerprint density at radius 3 is 2.93 bits per heavy atom. The van der Waals surface area contributed by atoms with Crippen LogP contribution in [0.3, 0.4) is 0 Å². The normalized spacial score (nSPS) is 9.57. The van der Waals surface area contributed by atoms with E-state index in [-0.39, 0.29) is 11.7 Å². The summed E-state index contributed by atoms with van der Waals surface area (Å²) in [4.78, 5) is 11.0. The lowest BCUT2D eigenvalue weighted by molar-refractivity contribution is -0.111. The van der Waals surface area contributed by atoms with Gasteiger partial charge in [0, 0.05) is 5.69 Å². The lowest BCUT2D eigenvalue weighted by atomic mass is 10.1. The van der Waals surface area contributed by atoms with Gasteiger partial charge in [-0.3, -0.25) is 4.79 Å². The zero-order chi connectivity index (χ0) is 10.6. The first-order valence-corrected chi connectivity index (χ1v) is 4.39. The number of anilines is 1. The average Bonchev–Trinajstić information content (AvgIpc) is 2.20. The quantitative estimate of drug-likeness (QED) is 0.734. The van der Waals surface area contributed by atoms with E-state index in [0.717, 1.165) is 5.56 Å². The van der Waals surface area contributed by atoms with Gasteiger partial charge in [0.15, 0.2) is 0 Å². The predicted octanol–water partition coefficient (Wildman–Crippen LogP) is 2.51. The van der Waals surface area contributed by atoms with Gasteiger partial charge in [0.05, 0.1) is 0 Å². The van der Waals surface area contributed by atoms with Crippen LogP contribution in [-0.4, -0.2) is 5.91 Å². The van der Waals surface area contributed by atoms with E-state index in [1.807, 2.05) is 6.92 Å². The fourth-order valence-electron chi connectivity index (χ4n) is 1.16. The Kier molecular flexibility index (Phi) is 3.40. The van der Waals surface area contributed by atoms with Crippen LogP contribution in [0.25, 0.3) is 0 Å². The highest BCUT2D eigenvalue weighted by atomic mass is 19.1. The minimum Gasteiger partial charge on any atom is -0.322 e. The van der Waals surface area contributed by atoms with E-state index >= 15 is 0 Å². The molecule has 0 aromatic heterocycles. The molecule has 0 aliphatic heterocycles. The number of carbonyl (C=O) groups is 1. The maximum atomic E-state index is 12.8. The van der Waals surface area contributed by atoms with E-state index in [0.29, 0.717) is 12.1 Å². The fraction of sp³-hybridized carbons (Fsp3) is 0.182. The van der Waals surface area contributed by atoms with Gasteiger partial charge in [-0.1, -0.05) is 13.5 Å².